The van der Waals surface area contributed by atoms with Gasteiger partial charge in [-0.25, -0.2) is 0 Å². The molecule has 1 aliphatic heterocycles. The molecule has 1 aromatic heterocycles. The number of aliphatic hydroxyl groups is 1. The lowest BCUT2D eigenvalue weighted by Crippen LogP contribution is -2.31. The molecular formula is C23H21NO5. The molecule has 6 nitrogen and oxygen atoms in total. The van der Waals surface area contributed by atoms with Gasteiger partial charge in [0, 0.05) is 11.9 Å². The van der Waals surface area contributed by atoms with E-state index in [0.717, 1.165) is 10.9 Å². The first-order valence-corrected chi connectivity index (χ1v) is 9.46. The molecular weight excluding hydrogens is 370 g/mol. The molecule has 29 heavy (non-hydrogen) atoms. The van der Waals surface area contributed by atoms with Crippen LogP contribution >= 0.6 is 0 Å². The molecule has 0 fully saturated rings. The van der Waals surface area contributed by atoms with Crippen molar-refractivity contribution >= 4 is 22.7 Å². The van der Waals surface area contributed by atoms with Crippen LogP contribution in [0.4, 0.5) is 0 Å². The Morgan fingerprint density at radius 1 is 1.17 bits per heavy atom. The number of ether oxygens (including phenoxy) is 1. The van der Waals surface area contributed by atoms with E-state index in [9.17, 15) is 14.7 Å². The Hall–Kier alpha value is -3.54. The van der Waals surface area contributed by atoms with E-state index in [-0.39, 0.29) is 11.3 Å². The number of methoxy groups -OCH3 is 1. The Balaban J connectivity index is 1.80. The second kappa shape index (κ2) is 7.47. The van der Waals surface area contributed by atoms with Gasteiger partial charge in [-0.1, -0.05) is 37.3 Å². The maximum absolute atomic E-state index is 13.3. The minimum absolute atomic E-state index is 0.0349. The van der Waals surface area contributed by atoms with Crippen molar-refractivity contribution in [2.24, 2.45) is 0 Å². The molecule has 1 aliphatic rings. The van der Waals surface area contributed by atoms with Gasteiger partial charge in [0.2, 0.25) is 5.78 Å². The van der Waals surface area contributed by atoms with Gasteiger partial charge in [-0.05, 0) is 36.2 Å². The lowest BCUT2D eigenvalue weighted by molar-refractivity contribution is -0.129. The zero-order valence-corrected chi connectivity index (χ0v) is 16.2. The number of hydrogen-bond donors (Lipinski definition) is 1. The number of Topliss-reactive ketones (excluding diaryl/α,β-unsaturated/α-hetero) is 1. The van der Waals surface area contributed by atoms with Crippen molar-refractivity contribution in [3.63, 3.8) is 0 Å². The van der Waals surface area contributed by atoms with Gasteiger partial charge in [0.25, 0.3) is 5.91 Å². The van der Waals surface area contributed by atoms with Gasteiger partial charge in [0.1, 0.15) is 11.3 Å². The third kappa shape index (κ3) is 3.16. The number of amides is 1. The molecule has 0 spiro atoms. The molecule has 2 heterocycles. The predicted octanol–water partition coefficient (Wildman–Crippen LogP) is 4.43. The number of ketones is 1. The van der Waals surface area contributed by atoms with Crippen LogP contribution in [-0.4, -0.2) is 35.4 Å². The summed E-state index contributed by atoms with van der Waals surface area (Å²) in [5.41, 5.74) is 1.33. The lowest BCUT2D eigenvalue weighted by Gasteiger charge is -2.26. The summed E-state index contributed by atoms with van der Waals surface area (Å²) >= 11 is 0. The van der Waals surface area contributed by atoms with Crippen LogP contribution in [-0.2, 0) is 4.79 Å². The van der Waals surface area contributed by atoms with Crippen molar-refractivity contribution in [3.8, 4) is 5.75 Å². The van der Waals surface area contributed by atoms with Crippen molar-refractivity contribution in [1.82, 2.24) is 4.90 Å². The smallest absolute Gasteiger partial charge is 0.290 e. The first-order chi connectivity index (χ1) is 14.0. The number of furan rings is 1. The standard InChI is InChI=1S/C23H21NO5/c1-3-12-24-20(14-8-10-16(28-2)11-9-14)19(22(26)23(24)27)21(25)18-13-15-6-4-5-7-17(15)29-18/h4-11,13,20,26H,3,12H2,1-2H3. The Morgan fingerprint density at radius 3 is 2.55 bits per heavy atom. The van der Waals surface area contributed by atoms with Crippen molar-refractivity contribution < 1.29 is 23.8 Å². The zero-order chi connectivity index (χ0) is 20.5. The zero-order valence-electron chi connectivity index (χ0n) is 16.2. The van der Waals surface area contributed by atoms with Crippen LogP contribution in [0.15, 0.2) is 70.3 Å². The summed E-state index contributed by atoms with van der Waals surface area (Å²) < 4.78 is 10.9. The van der Waals surface area contributed by atoms with E-state index in [4.69, 9.17) is 9.15 Å². The number of benzene rings is 2. The van der Waals surface area contributed by atoms with E-state index in [0.29, 0.717) is 24.3 Å². The Labute approximate surface area is 168 Å². The van der Waals surface area contributed by atoms with Crippen molar-refractivity contribution in [1.29, 1.82) is 0 Å². The Bertz CT molecular complexity index is 1080. The lowest BCUT2D eigenvalue weighted by atomic mass is 9.95. The highest BCUT2D eigenvalue weighted by molar-refractivity contribution is 6.16. The van der Waals surface area contributed by atoms with Gasteiger partial charge < -0.3 is 19.2 Å². The highest BCUT2D eigenvalue weighted by Gasteiger charge is 2.44. The number of carbonyl (C=O) groups excluding carboxylic acids is 2. The van der Waals surface area contributed by atoms with Crippen molar-refractivity contribution in [2.45, 2.75) is 19.4 Å². The van der Waals surface area contributed by atoms with Crippen LogP contribution in [0.3, 0.4) is 0 Å². The summed E-state index contributed by atoms with van der Waals surface area (Å²) in [5, 5.41) is 11.4. The minimum Gasteiger partial charge on any atom is -0.503 e. The predicted molar refractivity (Wildman–Crippen MR) is 108 cm³/mol. The molecule has 1 N–H and O–H groups in total. The van der Waals surface area contributed by atoms with Crippen LogP contribution in [0.25, 0.3) is 11.0 Å². The number of carbonyl (C=O) groups is 2. The summed E-state index contributed by atoms with van der Waals surface area (Å²) in [7, 11) is 1.57. The topological polar surface area (TPSA) is 80.0 Å². The third-order valence-electron chi connectivity index (χ3n) is 5.09. The van der Waals surface area contributed by atoms with Crippen LogP contribution in [0.2, 0.25) is 0 Å². The average molecular weight is 391 g/mol. The second-order valence-electron chi connectivity index (χ2n) is 6.91. The second-order valence-corrected chi connectivity index (χ2v) is 6.91. The van der Waals surface area contributed by atoms with Crippen LogP contribution in [0, 0.1) is 0 Å². The molecule has 0 bridgehead atoms. The van der Waals surface area contributed by atoms with E-state index >= 15 is 0 Å². The Morgan fingerprint density at radius 2 is 1.90 bits per heavy atom. The van der Waals surface area contributed by atoms with Crippen LogP contribution < -0.4 is 4.74 Å². The van der Waals surface area contributed by atoms with Crippen LogP contribution in [0.5, 0.6) is 5.75 Å². The molecule has 0 saturated heterocycles. The first-order valence-electron chi connectivity index (χ1n) is 9.46. The Kier molecular flexibility index (Phi) is 4.84. The van der Waals surface area contributed by atoms with Gasteiger partial charge in [0.05, 0.1) is 18.7 Å². The number of nitrogens with zero attached hydrogens (tertiary/aromatic N) is 1. The normalized spacial score (nSPS) is 16.7. The largest absolute Gasteiger partial charge is 0.503 e. The highest BCUT2D eigenvalue weighted by atomic mass is 16.5. The molecule has 4 rings (SSSR count). The first kappa shape index (κ1) is 18.8. The molecule has 6 heteroatoms. The number of fused-ring (bicyclic) bond motifs is 1. The maximum Gasteiger partial charge on any atom is 0.290 e. The van der Waals surface area contributed by atoms with Gasteiger partial charge in [0.15, 0.2) is 11.5 Å². The molecule has 1 unspecified atom stereocenters. The number of rotatable bonds is 6. The van der Waals surface area contributed by atoms with Crippen molar-refractivity contribution in [3.05, 3.63) is 77.3 Å². The summed E-state index contributed by atoms with van der Waals surface area (Å²) in [6, 6.07) is 15.4. The fourth-order valence-corrected chi connectivity index (χ4v) is 3.72. The maximum atomic E-state index is 13.3. The summed E-state index contributed by atoms with van der Waals surface area (Å²) in [4.78, 5) is 27.6. The number of para-hydroxylation sites is 1. The van der Waals surface area contributed by atoms with E-state index in [1.807, 2.05) is 25.1 Å². The monoisotopic (exact) mass is 391 g/mol. The van der Waals surface area contributed by atoms with E-state index in [2.05, 4.69) is 0 Å². The summed E-state index contributed by atoms with van der Waals surface area (Å²) in [6.07, 6.45) is 0.692. The summed E-state index contributed by atoms with van der Waals surface area (Å²) in [6.45, 7) is 2.35. The molecule has 3 aromatic rings. The quantitative estimate of drug-likeness (QED) is 0.629. The average Bonchev–Trinajstić information content (AvgIpc) is 3.28. The molecule has 0 radical (unpaired) electrons. The van der Waals surface area contributed by atoms with Gasteiger partial charge in [-0.2, -0.15) is 0 Å². The molecule has 1 atom stereocenters. The fraction of sp³-hybridized carbons (Fsp3) is 0.217. The van der Waals surface area contributed by atoms with E-state index < -0.39 is 23.5 Å². The molecule has 1 amide bonds. The van der Waals surface area contributed by atoms with Crippen LogP contribution in [0.1, 0.15) is 35.5 Å². The molecule has 0 saturated carbocycles. The number of aliphatic hydroxyl groups excluding tert-OH is 1. The highest BCUT2D eigenvalue weighted by Crippen LogP contribution is 2.40. The van der Waals surface area contributed by atoms with E-state index in [1.54, 1.807) is 43.5 Å². The molecule has 0 aliphatic carbocycles. The summed E-state index contributed by atoms with van der Waals surface area (Å²) in [5.74, 6) is -0.806. The number of hydrogen-bond acceptors (Lipinski definition) is 5. The third-order valence-corrected chi connectivity index (χ3v) is 5.09. The van der Waals surface area contributed by atoms with Crippen molar-refractivity contribution in [2.75, 3.05) is 13.7 Å². The minimum atomic E-state index is -0.686. The van der Waals surface area contributed by atoms with E-state index in [1.165, 1.54) is 4.90 Å². The van der Waals surface area contributed by atoms with Gasteiger partial charge in [-0.3, -0.25) is 9.59 Å². The molecule has 2 aromatic carbocycles. The van der Waals surface area contributed by atoms with Gasteiger partial charge in [-0.15, -0.1) is 0 Å². The fourth-order valence-electron chi connectivity index (χ4n) is 3.72. The SMILES string of the molecule is CCCN1C(=O)C(O)=C(C(=O)c2cc3ccccc3o2)C1c1ccc(OC)cc1. The van der Waals surface area contributed by atoms with Gasteiger partial charge >= 0.3 is 0 Å². The molecule has 148 valence electrons.